The van der Waals surface area contributed by atoms with Gasteiger partial charge in [0.2, 0.25) is 5.91 Å². The van der Waals surface area contributed by atoms with Crippen LogP contribution in [0.15, 0.2) is 0 Å². The normalized spacial score (nSPS) is 40.0. The Morgan fingerprint density at radius 1 is 0.925 bits per heavy atom. The number of carbonyl (C=O) groups is 1. The first-order chi connectivity index (χ1) is 18.4. The molecule has 0 radical (unpaired) electrons. The molecule has 10 nitrogen and oxygen atoms in total. The Bertz CT molecular complexity index is 1100. The lowest BCUT2D eigenvalue weighted by molar-refractivity contribution is -0.174. The SMILES string of the molecule is CCS(=O)(=O)O.C[C@H](CCC(=O)NCCS(=O)(=O)O)[C@H]1CC[C@H]2[C@@H]3[C@H](O)CC4C[C@H](O)CC[C@]4(C)[C@H]3CC[C@]12C. The molecule has 4 fully saturated rings. The quantitative estimate of drug-likeness (QED) is 0.258. The van der Waals surface area contributed by atoms with Crippen molar-refractivity contribution >= 4 is 26.1 Å². The van der Waals surface area contributed by atoms with Crippen molar-refractivity contribution in [2.45, 2.75) is 104 Å². The van der Waals surface area contributed by atoms with Crippen LogP contribution in [0, 0.1) is 46.3 Å². The van der Waals surface area contributed by atoms with Crippen molar-refractivity contribution in [3.63, 3.8) is 0 Å². The molecule has 5 N–H and O–H groups in total. The Morgan fingerprint density at radius 2 is 1.52 bits per heavy atom. The molecule has 0 aliphatic heterocycles. The maximum Gasteiger partial charge on any atom is 0.266 e. The standard InChI is InChI=1S/C26H45NO6S.C2H6O3S/c1-16(4-7-23(30)27-12-13-34(31,32)33)19-5-6-20-24-21(9-11-26(19,20)3)25(2)10-8-18(28)14-17(25)15-22(24)29;1-2-6(3,4)5/h16-22,24,28-29H,4-15H2,1-3H3,(H,27,30)(H,31,32,33);2H2,1H3,(H,3,4,5)/t16-,17?,18-,19-,20+,21+,22-,24+,25+,26-;/m1./s1. The van der Waals surface area contributed by atoms with E-state index in [1.54, 1.807) is 0 Å². The number of hydrogen-bond acceptors (Lipinski definition) is 7. The first-order valence-electron chi connectivity index (χ1n) is 14.9. The maximum atomic E-state index is 12.2. The van der Waals surface area contributed by atoms with Crippen LogP contribution in [0.2, 0.25) is 0 Å². The van der Waals surface area contributed by atoms with Gasteiger partial charge < -0.3 is 15.5 Å². The second kappa shape index (κ2) is 12.8. The van der Waals surface area contributed by atoms with E-state index in [1.807, 2.05) is 0 Å². The van der Waals surface area contributed by atoms with Crippen molar-refractivity contribution in [2.24, 2.45) is 46.3 Å². The highest BCUT2D eigenvalue weighted by Crippen LogP contribution is 2.68. The van der Waals surface area contributed by atoms with Gasteiger partial charge in [0.05, 0.1) is 23.7 Å². The van der Waals surface area contributed by atoms with Crippen molar-refractivity contribution < 1.29 is 40.9 Å². The van der Waals surface area contributed by atoms with Crippen molar-refractivity contribution in [1.29, 1.82) is 0 Å². The summed E-state index contributed by atoms with van der Waals surface area (Å²) in [5.74, 6) is 1.90. The zero-order chi connectivity index (χ0) is 30.1. The molecule has 0 saturated heterocycles. The smallest absolute Gasteiger partial charge is 0.266 e. The first-order valence-corrected chi connectivity index (χ1v) is 18.2. The van der Waals surface area contributed by atoms with E-state index in [9.17, 15) is 31.8 Å². The molecule has 0 spiro atoms. The lowest BCUT2D eigenvalue weighted by Gasteiger charge is -2.62. The monoisotopic (exact) mass is 609 g/mol. The predicted octanol–water partition coefficient (Wildman–Crippen LogP) is 3.29. The van der Waals surface area contributed by atoms with Crippen LogP contribution >= 0.6 is 0 Å². The van der Waals surface area contributed by atoms with Crippen LogP contribution in [0.1, 0.15) is 91.9 Å². The van der Waals surface area contributed by atoms with Crippen molar-refractivity contribution in [3.05, 3.63) is 0 Å². The second-order valence-electron chi connectivity index (χ2n) is 13.5. The molecule has 4 saturated carbocycles. The minimum Gasteiger partial charge on any atom is -0.393 e. The van der Waals surface area contributed by atoms with Gasteiger partial charge in [-0.05, 0) is 111 Å². The van der Waals surface area contributed by atoms with Gasteiger partial charge in [-0.2, -0.15) is 16.8 Å². The van der Waals surface area contributed by atoms with E-state index >= 15 is 0 Å². The Balaban J connectivity index is 0.000000663. The van der Waals surface area contributed by atoms with Gasteiger partial charge in [-0.25, -0.2) is 0 Å². The van der Waals surface area contributed by atoms with E-state index in [1.165, 1.54) is 13.3 Å². The van der Waals surface area contributed by atoms with Crippen LogP contribution in [0.25, 0.3) is 0 Å². The Morgan fingerprint density at radius 3 is 2.12 bits per heavy atom. The number of amides is 1. The Labute approximate surface area is 240 Å². The van der Waals surface area contributed by atoms with Gasteiger partial charge in [-0.15, -0.1) is 0 Å². The third-order valence-corrected chi connectivity index (χ3v) is 12.7. The summed E-state index contributed by atoms with van der Waals surface area (Å²) in [5, 5.41) is 24.2. The summed E-state index contributed by atoms with van der Waals surface area (Å²) < 4.78 is 57.4. The number of nitrogens with one attached hydrogen (secondary N) is 1. The van der Waals surface area contributed by atoms with Crippen LogP contribution in [0.5, 0.6) is 0 Å². The zero-order valence-electron chi connectivity index (χ0n) is 24.5. The molecule has 10 atom stereocenters. The molecule has 1 unspecified atom stereocenters. The molecule has 4 aliphatic carbocycles. The van der Waals surface area contributed by atoms with Crippen LogP contribution in [-0.2, 0) is 25.0 Å². The van der Waals surface area contributed by atoms with Crippen molar-refractivity contribution in [3.8, 4) is 0 Å². The summed E-state index contributed by atoms with van der Waals surface area (Å²) in [4.78, 5) is 12.2. The van der Waals surface area contributed by atoms with Gasteiger partial charge >= 0.3 is 0 Å². The number of hydrogen-bond donors (Lipinski definition) is 5. The lowest BCUT2D eigenvalue weighted by atomic mass is 9.43. The highest BCUT2D eigenvalue weighted by molar-refractivity contribution is 7.86. The number of aliphatic hydroxyl groups excluding tert-OH is 2. The minimum absolute atomic E-state index is 0.0625. The van der Waals surface area contributed by atoms with Crippen molar-refractivity contribution in [1.82, 2.24) is 5.32 Å². The molecule has 12 heteroatoms. The Hall–Kier alpha value is -0.790. The molecule has 234 valence electrons. The van der Waals surface area contributed by atoms with Gasteiger partial charge in [0.15, 0.2) is 0 Å². The third kappa shape index (κ3) is 7.78. The molecule has 4 aliphatic rings. The van der Waals surface area contributed by atoms with E-state index in [0.717, 1.165) is 51.4 Å². The molecule has 0 aromatic rings. The average Bonchev–Trinajstić information content (AvgIpc) is 3.20. The summed E-state index contributed by atoms with van der Waals surface area (Å²) >= 11 is 0. The molecule has 0 bridgehead atoms. The molecular weight excluding hydrogens is 558 g/mol. The highest BCUT2D eigenvalue weighted by atomic mass is 32.2. The van der Waals surface area contributed by atoms with E-state index in [0.29, 0.717) is 41.9 Å². The number of carbonyl (C=O) groups excluding carboxylic acids is 1. The number of aliphatic hydroxyl groups is 2. The molecule has 0 aromatic heterocycles. The van der Waals surface area contributed by atoms with Gasteiger partial charge in [0, 0.05) is 13.0 Å². The second-order valence-corrected chi connectivity index (χ2v) is 16.8. The van der Waals surface area contributed by atoms with E-state index in [2.05, 4.69) is 26.1 Å². The van der Waals surface area contributed by atoms with Gasteiger partial charge in [-0.3, -0.25) is 13.9 Å². The molecule has 0 heterocycles. The fourth-order valence-electron chi connectivity index (χ4n) is 9.14. The fraction of sp³-hybridized carbons (Fsp3) is 0.964. The van der Waals surface area contributed by atoms with Crippen LogP contribution in [0.4, 0.5) is 0 Å². The largest absolute Gasteiger partial charge is 0.393 e. The molecule has 0 aromatic carbocycles. The summed E-state index contributed by atoms with van der Waals surface area (Å²) in [7, 11) is -7.72. The summed E-state index contributed by atoms with van der Waals surface area (Å²) in [6.45, 7) is 8.42. The van der Waals surface area contributed by atoms with Crippen LogP contribution in [-0.4, -0.2) is 72.3 Å². The fourth-order valence-corrected chi connectivity index (χ4v) is 9.50. The first kappa shape index (κ1) is 33.7. The molecule has 40 heavy (non-hydrogen) atoms. The molecular formula is C28H51NO9S2. The van der Waals surface area contributed by atoms with Crippen molar-refractivity contribution in [2.75, 3.05) is 18.1 Å². The Kier molecular flexibility index (Phi) is 10.8. The third-order valence-electron chi connectivity index (χ3n) is 11.3. The zero-order valence-corrected chi connectivity index (χ0v) is 26.1. The van der Waals surface area contributed by atoms with Crippen LogP contribution in [0.3, 0.4) is 0 Å². The molecule has 4 rings (SSSR count). The number of rotatable bonds is 8. The summed E-state index contributed by atoms with van der Waals surface area (Å²) in [6, 6.07) is 0. The van der Waals surface area contributed by atoms with E-state index < -0.39 is 26.0 Å². The molecule has 1 amide bonds. The summed E-state index contributed by atoms with van der Waals surface area (Å²) in [6.07, 6.45) is 8.87. The lowest BCUT2D eigenvalue weighted by Crippen LogP contribution is -2.58. The topological polar surface area (TPSA) is 178 Å². The summed E-state index contributed by atoms with van der Waals surface area (Å²) in [5.41, 5.74) is 0.411. The van der Waals surface area contributed by atoms with Crippen LogP contribution < -0.4 is 5.32 Å². The van der Waals surface area contributed by atoms with E-state index in [4.69, 9.17) is 9.11 Å². The minimum atomic E-state index is -4.06. The predicted molar refractivity (Wildman–Crippen MR) is 153 cm³/mol. The number of fused-ring (bicyclic) bond motifs is 5. The van der Waals surface area contributed by atoms with Gasteiger partial charge in [0.1, 0.15) is 0 Å². The van der Waals surface area contributed by atoms with Gasteiger partial charge in [-0.1, -0.05) is 20.8 Å². The van der Waals surface area contributed by atoms with E-state index in [-0.39, 0.29) is 41.2 Å². The average molecular weight is 610 g/mol. The van der Waals surface area contributed by atoms with Gasteiger partial charge in [0.25, 0.3) is 20.2 Å². The maximum absolute atomic E-state index is 12.2. The highest BCUT2D eigenvalue weighted by Gasteiger charge is 2.62.